The second-order valence-electron chi connectivity index (χ2n) is 10.6. The van der Waals surface area contributed by atoms with E-state index < -0.39 is 52.7 Å². The number of nitrogens with two attached hydrogens (primary N) is 1. The zero-order valence-corrected chi connectivity index (χ0v) is 21.1. The highest BCUT2D eigenvalue weighted by molar-refractivity contribution is 6.24. The van der Waals surface area contributed by atoms with E-state index in [1.807, 2.05) is 55.4 Å². The van der Waals surface area contributed by atoms with Crippen molar-refractivity contribution in [3.05, 3.63) is 64.2 Å². The van der Waals surface area contributed by atoms with E-state index in [1.165, 1.54) is 0 Å². The Kier molecular flexibility index (Phi) is 6.16. The molecule has 0 saturated heterocycles. The molecule has 9 nitrogen and oxygen atoms in total. The number of fused-ring (bicyclic) bond motifs is 3. The van der Waals surface area contributed by atoms with Crippen LogP contribution in [0, 0.1) is 17.8 Å². The van der Waals surface area contributed by atoms with Crippen molar-refractivity contribution in [1.29, 1.82) is 0 Å². The molecule has 38 heavy (non-hydrogen) atoms. The zero-order valence-electron chi connectivity index (χ0n) is 21.1. The van der Waals surface area contributed by atoms with Gasteiger partial charge in [0, 0.05) is 36.8 Å². The molecule has 9 heteroatoms. The lowest BCUT2D eigenvalue weighted by atomic mass is 9.56. The summed E-state index contributed by atoms with van der Waals surface area (Å²) in [4.78, 5) is 40.6. The first kappa shape index (κ1) is 25.7. The molecule has 198 valence electrons. The molecule has 2 unspecified atom stereocenters. The van der Waals surface area contributed by atoms with Crippen LogP contribution in [-0.2, 0) is 20.8 Å². The molecule has 3 aliphatic carbocycles. The molecule has 2 saturated carbocycles. The molecule has 0 radical (unpaired) electrons. The predicted molar refractivity (Wildman–Crippen MR) is 141 cm³/mol. The first-order chi connectivity index (χ1) is 18.0. The van der Waals surface area contributed by atoms with Gasteiger partial charge in [-0.15, -0.1) is 0 Å². The number of aromatic hydroxyl groups is 1. The van der Waals surface area contributed by atoms with Gasteiger partial charge < -0.3 is 31.1 Å². The number of hydrogen-bond donors (Lipinski definition) is 5. The number of rotatable bonds is 4. The highest BCUT2D eigenvalue weighted by Gasteiger charge is 2.64. The number of aliphatic hydroxyl groups excluding tert-OH is 2. The lowest BCUT2D eigenvalue weighted by Gasteiger charge is -2.48. The summed E-state index contributed by atoms with van der Waals surface area (Å²) in [5, 5.41) is 44.5. The van der Waals surface area contributed by atoms with E-state index in [1.54, 1.807) is 12.1 Å². The van der Waals surface area contributed by atoms with Crippen LogP contribution in [-0.4, -0.2) is 63.7 Å². The number of Topliss-reactive ketones (excluding diaryl/α,β-unsaturated/α-hetero) is 2. The Balaban J connectivity index is 1.65. The van der Waals surface area contributed by atoms with Gasteiger partial charge >= 0.3 is 0 Å². The van der Waals surface area contributed by atoms with Gasteiger partial charge in [0.2, 0.25) is 11.7 Å². The third-order valence-corrected chi connectivity index (χ3v) is 8.13. The lowest BCUT2D eigenvalue weighted by Crippen LogP contribution is -2.66. The summed E-state index contributed by atoms with van der Waals surface area (Å²) in [5.74, 6) is -7.25. The van der Waals surface area contributed by atoms with Crippen molar-refractivity contribution in [3.8, 4) is 5.75 Å². The molecule has 1 amide bonds. The average molecular weight is 519 g/mol. The topological polar surface area (TPSA) is 161 Å². The predicted octanol–water partition coefficient (Wildman–Crippen LogP) is 1.83. The van der Waals surface area contributed by atoms with Gasteiger partial charge in [-0.05, 0) is 42.4 Å². The smallest absolute Gasteiger partial charge is 0.230 e. The maximum absolute atomic E-state index is 13.7. The van der Waals surface area contributed by atoms with Crippen molar-refractivity contribution in [2.24, 2.45) is 23.5 Å². The average Bonchev–Trinajstić information content (AvgIpc) is 2.86. The van der Waals surface area contributed by atoms with Gasteiger partial charge in [0.1, 0.15) is 17.4 Å². The number of amides is 1. The highest BCUT2D eigenvalue weighted by atomic mass is 16.3. The third kappa shape index (κ3) is 3.73. The number of phenolic OH excluding ortho intramolecular Hbond substituents is 1. The molecule has 0 aromatic heterocycles. The molecule has 0 spiro atoms. The first-order valence-electron chi connectivity index (χ1n) is 12.5. The minimum atomic E-state index is -2.60. The molecule has 0 aliphatic heterocycles. The SMILES string of the molecule is CN(C)c1cc(/C=C/c2ccccc2)c(O)c2c1C[C@H]1C[C@H]3CC(O)C(C(N)=O)C(=O)[C@@]3(O)C(=O)C1=C2O. The van der Waals surface area contributed by atoms with E-state index >= 15 is 0 Å². The number of phenols is 1. The standard InChI is InChI=1S/C29H30N2O7/c1-31(2)19-12-15(9-8-14-6-4-3-5-7-14)24(33)22-18(19)11-16-10-17-13-20(32)23(28(30)37)27(36)29(17,38)26(35)21(16)25(22)34/h3-9,12,16-17,20,23,32-34,38H,10-11,13H2,1-2H3,(H2,30,37)/b9-8+/t16-,17+,20?,23?,29+/m1/s1. The number of anilines is 1. The van der Waals surface area contributed by atoms with Crippen molar-refractivity contribution in [1.82, 2.24) is 0 Å². The summed E-state index contributed by atoms with van der Waals surface area (Å²) >= 11 is 0. The molecule has 2 fully saturated rings. The molecule has 0 bridgehead atoms. The molecule has 3 aliphatic rings. The fourth-order valence-corrected chi connectivity index (χ4v) is 6.27. The van der Waals surface area contributed by atoms with E-state index in [9.17, 15) is 34.8 Å². The Morgan fingerprint density at radius 1 is 1.11 bits per heavy atom. The van der Waals surface area contributed by atoms with Gasteiger partial charge in [0.05, 0.1) is 11.7 Å². The Labute approximate surface area is 219 Å². The van der Waals surface area contributed by atoms with Crippen molar-refractivity contribution in [2.45, 2.75) is 31.0 Å². The summed E-state index contributed by atoms with van der Waals surface area (Å²) in [5.41, 5.74) is 5.29. The van der Waals surface area contributed by atoms with Crippen molar-refractivity contribution >= 4 is 41.1 Å². The van der Waals surface area contributed by atoms with E-state index in [-0.39, 0.29) is 36.1 Å². The van der Waals surface area contributed by atoms with Gasteiger partial charge in [-0.25, -0.2) is 0 Å². The highest BCUT2D eigenvalue weighted by Crippen LogP contribution is 2.53. The van der Waals surface area contributed by atoms with Crippen LogP contribution in [0.3, 0.4) is 0 Å². The molecule has 6 N–H and O–H groups in total. The minimum absolute atomic E-state index is 0.0697. The van der Waals surface area contributed by atoms with E-state index in [0.717, 1.165) is 11.3 Å². The molecular weight excluding hydrogens is 488 g/mol. The number of benzene rings is 2. The number of hydrogen-bond acceptors (Lipinski definition) is 8. The normalized spacial score (nSPS) is 28.6. The minimum Gasteiger partial charge on any atom is -0.507 e. The Hall–Kier alpha value is -3.95. The van der Waals surface area contributed by atoms with E-state index in [2.05, 4.69) is 0 Å². The maximum atomic E-state index is 13.7. The van der Waals surface area contributed by atoms with Crippen LogP contribution < -0.4 is 10.6 Å². The van der Waals surface area contributed by atoms with Crippen LogP contribution in [0.2, 0.25) is 0 Å². The van der Waals surface area contributed by atoms with Crippen LogP contribution in [0.1, 0.15) is 35.1 Å². The number of aliphatic hydroxyl groups is 3. The van der Waals surface area contributed by atoms with Gasteiger partial charge in [0.25, 0.3) is 0 Å². The zero-order chi connectivity index (χ0) is 27.5. The van der Waals surface area contributed by atoms with Crippen LogP contribution in [0.4, 0.5) is 5.69 Å². The fraction of sp³-hybridized carbons (Fsp3) is 0.345. The summed E-state index contributed by atoms with van der Waals surface area (Å²) in [6.45, 7) is 0. The molecule has 2 aromatic carbocycles. The van der Waals surface area contributed by atoms with Crippen LogP contribution in [0.25, 0.3) is 17.9 Å². The number of nitrogens with zero attached hydrogens (tertiary/aromatic N) is 1. The molecule has 5 rings (SSSR count). The summed E-state index contributed by atoms with van der Waals surface area (Å²) < 4.78 is 0. The van der Waals surface area contributed by atoms with Crippen LogP contribution in [0.15, 0.2) is 42.0 Å². The van der Waals surface area contributed by atoms with Gasteiger partial charge in [-0.1, -0.05) is 42.5 Å². The molecule has 0 heterocycles. The van der Waals surface area contributed by atoms with Crippen molar-refractivity contribution < 1.29 is 34.8 Å². The second kappa shape index (κ2) is 9.11. The van der Waals surface area contributed by atoms with Crippen LogP contribution in [0.5, 0.6) is 5.75 Å². The van der Waals surface area contributed by atoms with Gasteiger partial charge in [0.15, 0.2) is 11.4 Å². The monoisotopic (exact) mass is 518 g/mol. The van der Waals surface area contributed by atoms with E-state index in [4.69, 9.17) is 5.73 Å². The molecule has 2 aromatic rings. The lowest BCUT2D eigenvalue weighted by molar-refractivity contribution is -0.174. The summed E-state index contributed by atoms with van der Waals surface area (Å²) in [7, 11) is 3.66. The fourth-order valence-electron chi connectivity index (χ4n) is 6.27. The Morgan fingerprint density at radius 3 is 2.42 bits per heavy atom. The summed E-state index contributed by atoms with van der Waals surface area (Å²) in [6, 6.07) is 11.3. The summed E-state index contributed by atoms with van der Waals surface area (Å²) in [6.07, 6.45) is 2.34. The second-order valence-corrected chi connectivity index (χ2v) is 10.6. The van der Waals surface area contributed by atoms with Gasteiger partial charge in [-0.3, -0.25) is 14.4 Å². The maximum Gasteiger partial charge on any atom is 0.230 e. The number of primary amides is 1. The Bertz CT molecular complexity index is 1410. The number of ketones is 2. The largest absolute Gasteiger partial charge is 0.507 e. The third-order valence-electron chi connectivity index (χ3n) is 8.13. The molecular formula is C29H30N2O7. The quantitative estimate of drug-likeness (QED) is 0.303. The van der Waals surface area contributed by atoms with E-state index in [0.29, 0.717) is 11.1 Å². The first-order valence-corrected chi connectivity index (χ1v) is 12.5. The van der Waals surface area contributed by atoms with Crippen molar-refractivity contribution in [2.75, 3.05) is 19.0 Å². The van der Waals surface area contributed by atoms with Crippen LogP contribution >= 0.6 is 0 Å². The Morgan fingerprint density at radius 2 is 1.79 bits per heavy atom. The molecule has 5 atom stereocenters. The van der Waals surface area contributed by atoms with Crippen molar-refractivity contribution in [3.63, 3.8) is 0 Å². The number of carbonyl (C=O) groups is 3. The number of carbonyl (C=O) groups excluding carboxylic acids is 3. The van der Waals surface area contributed by atoms with Gasteiger partial charge in [-0.2, -0.15) is 0 Å².